The highest BCUT2D eigenvalue weighted by Gasteiger charge is 2.39. The van der Waals surface area contributed by atoms with Crippen molar-refractivity contribution in [3.63, 3.8) is 0 Å². The first kappa shape index (κ1) is 14.2. The Morgan fingerprint density at radius 3 is 2.62 bits per heavy atom. The Hall–Kier alpha value is -1.73. The molecule has 0 bridgehead atoms. The summed E-state index contributed by atoms with van der Waals surface area (Å²) in [4.78, 5) is 12.3. The van der Waals surface area contributed by atoms with Crippen molar-refractivity contribution >= 4 is 27.5 Å². The fourth-order valence-corrected chi connectivity index (χ4v) is 2.83. The van der Waals surface area contributed by atoms with Gasteiger partial charge in [0.05, 0.1) is 7.12 Å². The summed E-state index contributed by atoms with van der Waals surface area (Å²) in [5.74, 6) is -2.46. The molecule has 8 heteroatoms. The molecule has 1 aromatic rings. The van der Waals surface area contributed by atoms with E-state index in [1.165, 1.54) is 24.3 Å². The molecule has 1 aromatic carbocycles. The number of Topliss-reactive ketones (excluding diaryl/α,β-unsaturated/α-hetero) is 1. The lowest BCUT2D eigenvalue weighted by Gasteiger charge is -2.09. The highest BCUT2D eigenvalue weighted by molar-refractivity contribution is 7.86. The zero-order valence-corrected chi connectivity index (χ0v) is 12.7. The fraction of sp³-hybridized carbons (Fsp3) is 0.308. The first-order valence-electron chi connectivity index (χ1n) is 6.61. The standard InChI is InChI=1S/C13H14ClNO5S/c1-2-7-21(17,18)20-12-10(16)11(19-13(12)15)8-3-5-9(14)6-4-8/h3-6,11H,2,7,15H2,1H3/t11-/m0/s1/i11D. The van der Waals surface area contributed by atoms with Crippen molar-refractivity contribution in [2.75, 3.05) is 5.75 Å². The zero-order chi connectivity index (χ0) is 16.5. The molecule has 0 saturated carbocycles. The van der Waals surface area contributed by atoms with Crippen LogP contribution in [-0.2, 0) is 23.8 Å². The molecule has 0 radical (unpaired) electrons. The Labute approximate surface area is 129 Å². The second-order valence-electron chi connectivity index (χ2n) is 4.31. The predicted molar refractivity (Wildman–Crippen MR) is 76.7 cm³/mol. The minimum absolute atomic E-state index is 0.163. The number of carbonyl (C=O) groups excluding carboxylic acids is 1. The maximum atomic E-state index is 12.3. The van der Waals surface area contributed by atoms with Gasteiger partial charge in [-0.15, -0.1) is 0 Å². The Bertz CT molecular complexity index is 731. The van der Waals surface area contributed by atoms with Crippen LogP contribution in [-0.4, -0.2) is 20.0 Å². The molecule has 0 aliphatic carbocycles. The number of ether oxygens (including phenoxy) is 1. The van der Waals surface area contributed by atoms with Gasteiger partial charge in [-0.2, -0.15) is 8.42 Å². The number of halogens is 1. The van der Waals surface area contributed by atoms with Gasteiger partial charge in [0.1, 0.15) is 0 Å². The van der Waals surface area contributed by atoms with Gasteiger partial charge >= 0.3 is 10.1 Å². The smallest absolute Gasteiger partial charge is 0.309 e. The van der Waals surface area contributed by atoms with Crippen LogP contribution in [0.25, 0.3) is 0 Å². The summed E-state index contributed by atoms with van der Waals surface area (Å²) in [6, 6.07) is 5.80. The van der Waals surface area contributed by atoms with Gasteiger partial charge in [0.25, 0.3) is 0 Å². The molecule has 6 nitrogen and oxygen atoms in total. The average Bonchev–Trinajstić information content (AvgIpc) is 2.64. The first-order valence-corrected chi connectivity index (χ1v) is 8.07. The van der Waals surface area contributed by atoms with Crippen LogP contribution in [0.2, 0.25) is 5.02 Å². The second kappa shape index (κ2) is 5.95. The molecule has 0 aromatic heterocycles. The molecular formula is C13H14ClNO5S. The molecule has 0 spiro atoms. The van der Waals surface area contributed by atoms with Crippen LogP contribution < -0.4 is 5.73 Å². The van der Waals surface area contributed by atoms with Crippen molar-refractivity contribution in [3.8, 4) is 0 Å². The Balaban J connectivity index is 2.32. The monoisotopic (exact) mass is 332 g/mol. The Kier molecular flexibility index (Phi) is 4.03. The topological polar surface area (TPSA) is 95.7 Å². The number of hydrogen-bond donors (Lipinski definition) is 1. The highest BCUT2D eigenvalue weighted by Crippen LogP contribution is 2.32. The van der Waals surface area contributed by atoms with E-state index in [1.807, 2.05) is 0 Å². The molecule has 1 heterocycles. The van der Waals surface area contributed by atoms with E-state index in [0.717, 1.165) is 0 Å². The maximum Gasteiger partial charge on any atom is 0.309 e. The lowest BCUT2D eigenvalue weighted by Crippen LogP contribution is -2.16. The van der Waals surface area contributed by atoms with Crippen molar-refractivity contribution in [1.82, 2.24) is 0 Å². The summed E-state index contributed by atoms with van der Waals surface area (Å²) in [7, 11) is -3.96. The molecule has 2 N–H and O–H groups in total. The lowest BCUT2D eigenvalue weighted by molar-refractivity contribution is -0.123. The van der Waals surface area contributed by atoms with E-state index in [-0.39, 0.29) is 11.3 Å². The van der Waals surface area contributed by atoms with Crippen molar-refractivity contribution in [1.29, 1.82) is 0 Å². The van der Waals surface area contributed by atoms with Crippen LogP contribution in [0.3, 0.4) is 0 Å². The van der Waals surface area contributed by atoms with E-state index >= 15 is 0 Å². The molecule has 1 aliphatic rings. The van der Waals surface area contributed by atoms with E-state index in [0.29, 0.717) is 11.4 Å². The van der Waals surface area contributed by atoms with E-state index in [9.17, 15) is 13.2 Å². The molecule has 0 saturated heterocycles. The molecule has 2 rings (SSSR count). The van der Waals surface area contributed by atoms with Gasteiger partial charge in [-0.1, -0.05) is 30.7 Å². The molecule has 114 valence electrons. The molecule has 1 atom stereocenters. The summed E-state index contributed by atoms with van der Waals surface area (Å²) in [6.45, 7) is 1.65. The third-order valence-electron chi connectivity index (χ3n) is 2.62. The van der Waals surface area contributed by atoms with Crippen LogP contribution in [0.1, 0.15) is 26.4 Å². The predicted octanol–water partition coefficient (Wildman–Crippen LogP) is 1.86. The summed E-state index contributed by atoms with van der Waals surface area (Å²) in [5, 5.41) is 0.417. The molecule has 1 aliphatic heterocycles. The largest absolute Gasteiger partial charge is 0.460 e. The van der Waals surface area contributed by atoms with Gasteiger partial charge in [-0.3, -0.25) is 4.79 Å². The van der Waals surface area contributed by atoms with Crippen LogP contribution in [0, 0.1) is 0 Å². The third-order valence-corrected chi connectivity index (χ3v) is 4.20. The van der Waals surface area contributed by atoms with Gasteiger partial charge in [0, 0.05) is 10.6 Å². The minimum Gasteiger partial charge on any atom is -0.460 e. The molecule has 0 unspecified atom stereocenters. The molecule has 0 fully saturated rings. The summed E-state index contributed by atoms with van der Waals surface area (Å²) in [5.41, 5.74) is 5.68. The van der Waals surface area contributed by atoms with Crippen molar-refractivity contribution < 1.29 is 23.5 Å². The number of hydrogen-bond acceptors (Lipinski definition) is 6. The van der Waals surface area contributed by atoms with Crippen LogP contribution in [0.15, 0.2) is 35.9 Å². The SMILES string of the molecule is [2H][C@@]1(c2ccc(Cl)cc2)OC(N)=C(OS(=O)(=O)CCC)C1=O. The zero-order valence-electron chi connectivity index (χ0n) is 12.1. The van der Waals surface area contributed by atoms with E-state index in [1.54, 1.807) is 6.92 Å². The summed E-state index contributed by atoms with van der Waals surface area (Å²) >= 11 is 5.75. The van der Waals surface area contributed by atoms with E-state index in [2.05, 4.69) is 0 Å². The quantitative estimate of drug-likeness (QED) is 0.827. The van der Waals surface area contributed by atoms with Gasteiger partial charge in [-0.05, 0) is 18.6 Å². The van der Waals surface area contributed by atoms with Crippen LogP contribution >= 0.6 is 11.6 Å². The van der Waals surface area contributed by atoms with Crippen molar-refractivity contribution in [2.45, 2.75) is 19.4 Å². The Morgan fingerprint density at radius 1 is 1.43 bits per heavy atom. The van der Waals surface area contributed by atoms with E-state index in [4.69, 9.17) is 27.6 Å². The third kappa shape index (κ3) is 3.48. The van der Waals surface area contributed by atoms with Crippen LogP contribution in [0.4, 0.5) is 0 Å². The summed E-state index contributed by atoms with van der Waals surface area (Å²) in [6.07, 6.45) is -1.88. The highest BCUT2D eigenvalue weighted by atomic mass is 35.5. The first-order chi connectivity index (χ1) is 10.2. The lowest BCUT2D eigenvalue weighted by atomic mass is 10.1. The number of carbonyl (C=O) groups is 1. The van der Waals surface area contributed by atoms with Crippen molar-refractivity contribution in [2.24, 2.45) is 5.73 Å². The maximum absolute atomic E-state index is 12.3. The van der Waals surface area contributed by atoms with Crippen LogP contribution in [0.5, 0.6) is 0 Å². The van der Waals surface area contributed by atoms with E-state index < -0.39 is 33.6 Å². The molecular weight excluding hydrogens is 318 g/mol. The van der Waals surface area contributed by atoms with Gasteiger partial charge < -0.3 is 14.7 Å². The second-order valence-corrected chi connectivity index (χ2v) is 6.43. The minimum atomic E-state index is -3.96. The molecule has 21 heavy (non-hydrogen) atoms. The number of ketones is 1. The fourth-order valence-electron chi connectivity index (χ4n) is 1.71. The van der Waals surface area contributed by atoms with Crippen molar-refractivity contribution in [3.05, 3.63) is 46.5 Å². The Morgan fingerprint density at radius 2 is 2.05 bits per heavy atom. The molecule has 0 amide bonds. The normalized spacial score (nSPS) is 23.0. The number of benzene rings is 1. The number of rotatable bonds is 5. The van der Waals surface area contributed by atoms with Gasteiger partial charge in [0.2, 0.25) is 17.4 Å². The number of nitrogens with two attached hydrogens (primary N) is 1. The van der Waals surface area contributed by atoms with Gasteiger partial charge in [0.15, 0.2) is 6.08 Å². The summed E-state index contributed by atoms with van der Waals surface area (Å²) < 4.78 is 41.3. The van der Waals surface area contributed by atoms with Gasteiger partial charge in [-0.25, -0.2) is 0 Å². The average molecular weight is 333 g/mol.